The van der Waals surface area contributed by atoms with Crippen LogP contribution < -0.4 is 0 Å². The molecule has 0 aromatic rings. The molecule has 4 nitrogen and oxygen atoms in total. The second-order valence-corrected chi connectivity index (χ2v) is 4.95. The van der Waals surface area contributed by atoms with E-state index >= 15 is 0 Å². The minimum Gasteiger partial charge on any atom is -0.325 e. The maximum absolute atomic E-state index is 11.0. The Morgan fingerprint density at radius 1 is 1.45 bits per heavy atom. The first-order chi connectivity index (χ1) is 5.11. The van der Waals surface area contributed by atoms with Crippen molar-refractivity contribution in [1.29, 1.82) is 0 Å². The third-order valence-electron chi connectivity index (χ3n) is 2.29. The van der Waals surface area contributed by atoms with Gasteiger partial charge in [-0.3, -0.25) is 4.79 Å². The van der Waals surface area contributed by atoms with Gasteiger partial charge in [-0.15, -0.1) is 0 Å². The van der Waals surface area contributed by atoms with Crippen molar-refractivity contribution >= 4 is 15.1 Å². The number of carbonyl (C=O) groups is 1. The molecule has 0 bridgehead atoms. The first kappa shape index (κ1) is 7.09. The van der Waals surface area contributed by atoms with Crippen LogP contribution in [0.1, 0.15) is 12.8 Å². The summed E-state index contributed by atoms with van der Waals surface area (Å²) in [6.07, 6.45) is 1.80. The van der Waals surface area contributed by atoms with Gasteiger partial charge in [0.15, 0.2) is 0 Å². The van der Waals surface area contributed by atoms with E-state index in [0.717, 1.165) is 12.8 Å². The van der Waals surface area contributed by atoms with Crippen LogP contribution in [-0.4, -0.2) is 36.9 Å². The Morgan fingerprint density at radius 3 is 2.82 bits per heavy atom. The molecule has 0 saturated carbocycles. The normalized spacial score (nSPS) is 34.4. The number of carbonyl (C=O) groups excluding carboxylic acids is 1. The third-order valence-corrected chi connectivity index (χ3v) is 3.88. The van der Waals surface area contributed by atoms with Crippen LogP contribution in [0.2, 0.25) is 0 Å². The first-order valence-corrected chi connectivity index (χ1v) is 5.30. The SMILES string of the molecule is O=C1N2CCC[C@H]2CS1(=O)=O. The predicted molar refractivity (Wildman–Crippen MR) is 38.9 cm³/mol. The number of amides is 1. The molecule has 1 amide bonds. The minimum absolute atomic E-state index is 0.00694. The smallest absolute Gasteiger partial charge is 0.325 e. The molecule has 2 heterocycles. The van der Waals surface area contributed by atoms with Crippen molar-refractivity contribution in [2.75, 3.05) is 12.3 Å². The van der Waals surface area contributed by atoms with Crippen LogP contribution in [0.5, 0.6) is 0 Å². The zero-order valence-corrected chi connectivity index (χ0v) is 6.80. The summed E-state index contributed by atoms with van der Waals surface area (Å²) in [5.41, 5.74) is 0. The van der Waals surface area contributed by atoms with Gasteiger partial charge < -0.3 is 4.90 Å². The Balaban J connectivity index is 2.38. The molecule has 0 aliphatic carbocycles. The molecule has 0 unspecified atom stereocenters. The van der Waals surface area contributed by atoms with Crippen LogP contribution in [0.25, 0.3) is 0 Å². The molecule has 5 heteroatoms. The summed E-state index contributed by atoms with van der Waals surface area (Å²) in [4.78, 5) is 12.5. The average Bonchev–Trinajstić information content (AvgIpc) is 2.39. The molecule has 1 atom stereocenters. The molecule has 0 aromatic heterocycles. The van der Waals surface area contributed by atoms with Crippen molar-refractivity contribution in [3.63, 3.8) is 0 Å². The maximum atomic E-state index is 11.0. The lowest BCUT2D eigenvalue weighted by atomic mass is 10.2. The van der Waals surface area contributed by atoms with Gasteiger partial charge in [0.1, 0.15) is 0 Å². The van der Waals surface area contributed by atoms with Crippen LogP contribution in [0, 0.1) is 0 Å². The second kappa shape index (κ2) is 1.97. The highest BCUT2D eigenvalue weighted by Gasteiger charge is 2.45. The Bertz CT molecular complexity index is 295. The molecular formula is C6H9NO3S. The first-order valence-electron chi connectivity index (χ1n) is 3.64. The van der Waals surface area contributed by atoms with Crippen molar-refractivity contribution < 1.29 is 13.2 Å². The minimum atomic E-state index is -3.40. The van der Waals surface area contributed by atoms with Gasteiger partial charge in [-0.2, -0.15) is 0 Å². The summed E-state index contributed by atoms with van der Waals surface area (Å²) in [5, 5.41) is -0.653. The van der Waals surface area contributed by atoms with Crippen LogP contribution in [0.4, 0.5) is 4.79 Å². The third kappa shape index (κ3) is 0.870. The van der Waals surface area contributed by atoms with Crippen molar-refractivity contribution in [2.24, 2.45) is 0 Å². The molecule has 2 fully saturated rings. The van der Waals surface area contributed by atoms with Gasteiger partial charge in [-0.1, -0.05) is 0 Å². The van der Waals surface area contributed by atoms with Gasteiger partial charge in [0.2, 0.25) is 9.84 Å². The lowest BCUT2D eigenvalue weighted by Crippen LogP contribution is -2.27. The molecule has 2 aliphatic heterocycles. The molecule has 11 heavy (non-hydrogen) atoms. The molecule has 2 rings (SSSR count). The van der Waals surface area contributed by atoms with Gasteiger partial charge >= 0.3 is 5.24 Å². The summed E-state index contributed by atoms with van der Waals surface area (Å²) in [7, 11) is -3.40. The molecule has 0 radical (unpaired) electrons. The van der Waals surface area contributed by atoms with E-state index < -0.39 is 15.1 Å². The lowest BCUT2D eigenvalue weighted by molar-refractivity contribution is 0.226. The fourth-order valence-electron chi connectivity index (χ4n) is 1.75. The highest BCUT2D eigenvalue weighted by atomic mass is 32.2. The van der Waals surface area contributed by atoms with Crippen LogP contribution in [-0.2, 0) is 9.84 Å². The quantitative estimate of drug-likeness (QED) is 0.520. The maximum Gasteiger partial charge on any atom is 0.339 e. The van der Waals surface area contributed by atoms with E-state index in [1.165, 1.54) is 4.90 Å². The van der Waals surface area contributed by atoms with Gasteiger partial charge in [-0.05, 0) is 12.8 Å². The number of hydrogen-bond acceptors (Lipinski definition) is 3. The molecule has 2 aliphatic rings. The molecule has 0 N–H and O–H groups in total. The van der Waals surface area contributed by atoms with Crippen LogP contribution in [0.3, 0.4) is 0 Å². The van der Waals surface area contributed by atoms with Crippen molar-refractivity contribution in [3.05, 3.63) is 0 Å². The van der Waals surface area contributed by atoms with Crippen LogP contribution in [0.15, 0.2) is 0 Å². The summed E-state index contributed by atoms with van der Waals surface area (Å²) in [6.45, 7) is 0.628. The topological polar surface area (TPSA) is 54.5 Å². The highest BCUT2D eigenvalue weighted by Crippen LogP contribution is 2.27. The highest BCUT2D eigenvalue weighted by molar-refractivity contribution is 8.06. The van der Waals surface area contributed by atoms with E-state index in [2.05, 4.69) is 0 Å². The van der Waals surface area contributed by atoms with Crippen molar-refractivity contribution in [3.8, 4) is 0 Å². The zero-order chi connectivity index (χ0) is 8.06. The van der Waals surface area contributed by atoms with Crippen molar-refractivity contribution in [1.82, 2.24) is 4.90 Å². The summed E-state index contributed by atoms with van der Waals surface area (Å²) in [5.74, 6) is 0.0475. The molecular weight excluding hydrogens is 166 g/mol. The van der Waals surface area contributed by atoms with E-state index in [0.29, 0.717) is 6.54 Å². The predicted octanol–water partition coefficient (Wildman–Crippen LogP) is -0.000800. The number of nitrogens with zero attached hydrogens (tertiary/aromatic N) is 1. The Morgan fingerprint density at radius 2 is 2.18 bits per heavy atom. The number of hydrogen-bond donors (Lipinski definition) is 0. The Kier molecular flexibility index (Phi) is 1.27. The lowest BCUT2D eigenvalue weighted by Gasteiger charge is -2.10. The standard InChI is InChI=1S/C6H9NO3S/c8-6-7-3-1-2-5(7)4-11(6,9)10/h5H,1-4H2/t5-/m0/s1. The van der Waals surface area contributed by atoms with Gasteiger partial charge in [-0.25, -0.2) is 8.42 Å². The van der Waals surface area contributed by atoms with Crippen LogP contribution >= 0.6 is 0 Å². The molecule has 0 spiro atoms. The molecule has 0 aromatic carbocycles. The van der Waals surface area contributed by atoms with E-state index in [9.17, 15) is 13.2 Å². The Labute approximate surface area is 65.1 Å². The fourth-order valence-corrected chi connectivity index (χ4v) is 3.35. The summed E-state index contributed by atoms with van der Waals surface area (Å²) >= 11 is 0. The largest absolute Gasteiger partial charge is 0.339 e. The van der Waals surface area contributed by atoms with Gasteiger partial charge in [0.25, 0.3) is 0 Å². The summed E-state index contributed by atoms with van der Waals surface area (Å²) < 4.78 is 22.0. The monoisotopic (exact) mass is 175 g/mol. The Hall–Kier alpha value is -0.580. The molecule has 2 saturated heterocycles. The van der Waals surface area contributed by atoms with E-state index in [1.54, 1.807) is 0 Å². The average molecular weight is 175 g/mol. The zero-order valence-electron chi connectivity index (χ0n) is 5.99. The van der Waals surface area contributed by atoms with E-state index in [4.69, 9.17) is 0 Å². The fraction of sp³-hybridized carbons (Fsp3) is 0.833. The number of sulfone groups is 1. The molecule has 62 valence electrons. The van der Waals surface area contributed by atoms with Gasteiger partial charge in [0, 0.05) is 12.6 Å². The number of fused-ring (bicyclic) bond motifs is 1. The summed E-state index contributed by atoms with van der Waals surface area (Å²) in [6, 6.07) is -0.00694. The van der Waals surface area contributed by atoms with Crippen molar-refractivity contribution in [2.45, 2.75) is 18.9 Å². The van der Waals surface area contributed by atoms with Gasteiger partial charge in [0.05, 0.1) is 5.75 Å². The van der Waals surface area contributed by atoms with E-state index in [1.807, 2.05) is 0 Å². The van der Waals surface area contributed by atoms with E-state index in [-0.39, 0.29) is 11.8 Å². The second-order valence-electron chi connectivity index (χ2n) is 3.04. The number of rotatable bonds is 0.